The van der Waals surface area contributed by atoms with Crippen LogP contribution in [0.25, 0.3) is 0 Å². The molecule has 1 amide bonds. The van der Waals surface area contributed by atoms with Gasteiger partial charge in [-0.1, -0.05) is 5.16 Å². The number of hydrogen-bond acceptors (Lipinski definition) is 5. The minimum absolute atomic E-state index is 0.191. The molecule has 0 atom stereocenters. The summed E-state index contributed by atoms with van der Waals surface area (Å²) in [6.07, 6.45) is 0. The first-order valence-corrected chi connectivity index (χ1v) is 6.66. The Balaban J connectivity index is 1.87. The van der Waals surface area contributed by atoms with E-state index in [1.807, 2.05) is 30.7 Å². The van der Waals surface area contributed by atoms with Gasteiger partial charge in [0.25, 0.3) is 0 Å². The van der Waals surface area contributed by atoms with Crippen molar-refractivity contribution in [3.63, 3.8) is 0 Å². The Labute approximate surface area is 113 Å². The van der Waals surface area contributed by atoms with Crippen molar-refractivity contribution in [1.29, 1.82) is 0 Å². The fourth-order valence-electron chi connectivity index (χ4n) is 2.30. The van der Waals surface area contributed by atoms with Crippen LogP contribution in [-0.4, -0.2) is 60.6 Å². The molecular weight excluding hydrogens is 244 g/mol. The van der Waals surface area contributed by atoms with Gasteiger partial charge in [0.05, 0.1) is 12.2 Å². The lowest BCUT2D eigenvalue weighted by atomic mass is 10.2. The van der Waals surface area contributed by atoms with Crippen molar-refractivity contribution in [1.82, 2.24) is 20.3 Å². The van der Waals surface area contributed by atoms with E-state index in [9.17, 15) is 4.79 Å². The molecule has 2 heterocycles. The summed E-state index contributed by atoms with van der Waals surface area (Å²) in [6, 6.07) is 0. The molecule has 0 spiro atoms. The van der Waals surface area contributed by atoms with Crippen LogP contribution in [0, 0.1) is 13.8 Å². The molecule has 6 nitrogen and oxygen atoms in total. The average molecular weight is 266 g/mol. The van der Waals surface area contributed by atoms with Crippen LogP contribution in [0.3, 0.4) is 0 Å². The molecule has 1 fully saturated rings. The highest BCUT2D eigenvalue weighted by molar-refractivity contribution is 5.78. The molecular formula is C13H22N4O2. The van der Waals surface area contributed by atoms with Gasteiger partial charge in [-0.15, -0.1) is 0 Å². The lowest BCUT2D eigenvalue weighted by Crippen LogP contribution is -2.49. The number of amides is 1. The summed E-state index contributed by atoms with van der Waals surface area (Å²) in [4.78, 5) is 16.1. The van der Waals surface area contributed by atoms with E-state index >= 15 is 0 Å². The molecule has 0 saturated carbocycles. The topological polar surface area (TPSA) is 61.6 Å². The molecule has 0 unspecified atom stereocenters. The number of piperazine rings is 1. The van der Waals surface area contributed by atoms with Gasteiger partial charge in [-0.05, 0) is 20.9 Å². The Morgan fingerprint density at radius 3 is 2.68 bits per heavy atom. The van der Waals surface area contributed by atoms with Gasteiger partial charge < -0.3 is 14.7 Å². The van der Waals surface area contributed by atoms with Crippen LogP contribution >= 0.6 is 0 Å². The van der Waals surface area contributed by atoms with Crippen LogP contribution in [0.5, 0.6) is 0 Å². The maximum Gasteiger partial charge on any atom is 0.236 e. The first-order valence-electron chi connectivity index (χ1n) is 6.66. The maximum absolute atomic E-state index is 12.1. The third-order valence-electron chi connectivity index (χ3n) is 3.48. The number of aryl methyl sites for hydroxylation is 2. The maximum atomic E-state index is 12.1. The molecule has 1 aliphatic heterocycles. The van der Waals surface area contributed by atoms with Gasteiger partial charge >= 0.3 is 0 Å². The molecule has 106 valence electrons. The highest BCUT2D eigenvalue weighted by Gasteiger charge is 2.19. The smallest absolute Gasteiger partial charge is 0.236 e. The molecule has 1 aliphatic rings. The number of carbonyl (C=O) groups excluding carboxylic acids is 1. The van der Waals surface area contributed by atoms with Crippen molar-refractivity contribution in [2.24, 2.45) is 0 Å². The first kappa shape index (κ1) is 14.0. The van der Waals surface area contributed by atoms with Crippen molar-refractivity contribution in [3.8, 4) is 0 Å². The zero-order valence-corrected chi connectivity index (χ0v) is 11.9. The molecule has 2 rings (SSSR count). The molecule has 0 radical (unpaired) electrons. The Morgan fingerprint density at radius 1 is 1.42 bits per heavy atom. The van der Waals surface area contributed by atoms with E-state index in [4.69, 9.17) is 4.52 Å². The fourth-order valence-corrected chi connectivity index (χ4v) is 2.30. The van der Waals surface area contributed by atoms with E-state index in [0.29, 0.717) is 13.1 Å². The Hall–Kier alpha value is -1.40. The van der Waals surface area contributed by atoms with Gasteiger partial charge in [0.15, 0.2) is 0 Å². The molecule has 0 aromatic carbocycles. The minimum atomic E-state index is 0.191. The third kappa shape index (κ3) is 3.54. The number of nitrogens with one attached hydrogen (secondary N) is 1. The number of carbonyl (C=O) groups is 1. The largest absolute Gasteiger partial charge is 0.361 e. The summed E-state index contributed by atoms with van der Waals surface area (Å²) < 4.78 is 5.14. The molecule has 1 N–H and O–H groups in total. The van der Waals surface area contributed by atoms with E-state index in [2.05, 4.69) is 10.5 Å². The summed E-state index contributed by atoms with van der Waals surface area (Å²) in [5, 5.41) is 7.18. The summed E-state index contributed by atoms with van der Waals surface area (Å²) in [6.45, 7) is 8.34. The third-order valence-corrected chi connectivity index (χ3v) is 3.48. The number of aromatic nitrogens is 1. The van der Waals surface area contributed by atoms with Crippen molar-refractivity contribution in [3.05, 3.63) is 17.0 Å². The Bertz CT molecular complexity index is 418. The number of hydrogen-bond donors (Lipinski definition) is 1. The van der Waals surface area contributed by atoms with Gasteiger partial charge in [-0.3, -0.25) is 9.69 Å². The SMILES string of the molecule is Cc1noc(C)c1CN(C)CC(=O)N1CCNCC1. The number of likely N-dealkylation sites (N-methyl/N-ethyl adjacent to an activating group) is 1. The minimum Gasteiger partial charge on any atom is -0.361 e. The van der Waals surface area contributed by atoms with Crippen LogP contribution in [-0.2, 0) is 11.3 Å². The Morgan fingerprint density at radius 2 is 2.11 bits per heavy atom. The molecule has 19 heavy (non-hydrogen) atoms. The van der Waals surface area contributed by atoms with Crippen molar-refractivity contribution in [2.45, 2.75) is 20.4 Å². The zero-order chi connectivity index (χ0) is 13.8. The lowest BCUT2D eigenvalue weighted by molar-refractivity contribution is -0.132. The van der Waals surface area contributed by atoms with Crippen LogP contribution in [0.15, 0.2) is 4.52 Å². The predicted molar refractivity (Wildman–Crippen MR) is 71.8 cm³/mol. The van der Waals surface area contributed by atoms with Gasteiger partial charge in [0.1, 0.15) is 5.76 Å². The summed E-state index contributed by atoms with van der Waals surface area (Å²) in [5.41, 5.74) is 1.98. The van der Waals surface area contributed by atoms with E-state index in [-0.39, 0.29) is 5.91 Å². The predicted octanol–water partition coefficient (Wildman–Crippen LogP) is 0.155. The second-order valence-electron chi connectivity index (χ2n) is 5.11. The highest BCUT2D eigenvalue weighted by Crippen LogP contribution is 2.14. The van der Waals surface area contributed by atoms with Crippen LogP contribution < -0.4 is 5.32 Å². The van der Waals surface area contributed by atoms with Gasteiger partial charge in [0, 0.05) is 38.3 Å². The molecule has 1 aromatic rings. The van der Waals surface area contributed by atoms with Crippen molar-refractivity contribution in [2.75, 3.05) is 39.8 Å². The second kappa shape index (κ2) is 6.16. The van der Waals surface area contributed by atoms with Crippen molar-refractivity contribution < 1.29 is 9.32 Å². The normalized spacial score (nSPS) is 16.1. The average Bonchev–Trinajstić information content (AvgIpc) is 2.71. The molecule has 6 heteroatoms. The summed E-state index contributed by atoms with van der Waals surface area (Å²) in [7, 11) is 1.95. The summed E-state index contributed by atoms with van der Waals surface area (Å²) in [5.74, 6) is 1.02. The van der Waals surface area contributed by atoms with Gasteiger partial charge in [-0.25, -0.2) is 0 Å². The lowest BCUT2D eigenvalue weighted by Gasteiger charge is -2.29. The molecule has 1 aromatic heterocycles. The molecule has 0 bridgehead atoms. The standard InChI is InChI=1S/C13H22N4O2/c1-10-12(11(2)19-15-10)8-16(3)9-13(18)17-6-4-14-5-7-17/h14H,4-9H2,1-3H3. The number of nitrogens with zero attached hydrogens (tertiary/aromatic N) is 3. The highest BCUT2D eigenvalue weighted by atomic mass is 16.5. The van der Waals surface area contributed by atoms with E-state index in [0.717, 1.165) is 43.2 Å². The summed E-state index contributed by atoms with van der Waals surface area (Å²) >= 11 is 0. The van der Waals surface area contributed by atoms with Crippen molar-refractivity contribution >= 4 is 5.91 Å². The number of rotatable bonds is 4. The second-order valence-corrected chi connectivity index (χ2v) is 5.11. The zero-order valence-electron chi connectivity index (χ0n) is 11.9. The van der Waals surface area contributed by atoms with Crippen LogP contribution in [0.1, 0.15) is 17.0 Å². The van der Waals surface area contributed by atoms with Crippen LogP contribution in [0.2, 0.25) is 0 Å². The monoisotopic (exact) mass is 266 g/mol. The van der Waals surface area contributed by atoms with E-state index < -0.39 is 0 Å². The molecule has 0 aliphatic carbocycles. The van der Waals surface area contributed by atoms with Gasteiger partial charge in [0.2, 0.25) is 5.91 Å². The first-order chi connectivity index (χ1) is 9.08. The van der Waals surface area contributed by atoms with E-state index in [1.165, 1.54) is 0 Å². The quantitative estimate of drug-likeness (QED) is 0.841. The van der Waals surface area contributed by atoms with Crippen LogP contribution in [0.4, 0.5) is 0 Å². The van der Waals surface area contributed by atoms with Gasteiger partial charge in [-0.2, -0.15) is 0 Å². The molecule has 1 saturated heterocycles. The Kier molecular flexibility index (Phi) is 4.55. The van der Waals surface area contributed by atoms with E-state index in [1.54, 1.807) is 0 Å². The fraction of sp³-hybridized carbons (Fsp3) is 0.692.